The Bertz CT molecular complexity index is 438. The van der Waals surface area contributed by atoms with Crippen molar-refractivity contribution in [1.82, 2.24) is 15.0 Å². The van der Waals surface area contributed by atoms with Gasteiger partial charge in [0.25, 0.3) is 0 Å². The molecule has 1 N–H and O–H groups in total. The van der Waals surface area contributed by atoms with E-state index in [0.717, 1.165) is 25.0 Å². The van der Waals surface area contributed by atoms with Crippen LogP contribution < -0.4 is 15.0 Å². The highest BCUT2D eigenvalue weighted by atomic mass is 16.5. The topological polar surface area (TPSA) is 63.2 Å². The third-order valence-electron chi connectivity index (χ3n) is 3.79. The van der Waals surface area contributed by atoms with Crippen LogP contribution in [-0.4, -0.2) is 41.2 Å². The van der Waals surface area contributed by atoms with Crippen LogP contribution in [0.5, 0.6) is 6.01 Å². The molecule has 1 saturated carbocycles. The molecule has 0 amide bonds. The lowest BCUT2D eigenvalue weighted by Crippen LogP contribution is -2.33. The molecule has 3 rings (SSSR count). The number of nitrogens with zero attached hydrogens (tertiary/aromatic N) is 4. The lowest BCUT2D eigenvalue weighted by Gasteiger charge is -2.27. The highest BCUT2D eigenvalue weighted by Gasteiger charge is 2.39. The third-order valence-corrected chi connectivity index (χ3v) is 3.79. The summed E-state index contributed by atoms with van der Waals surface area (Å²) in [5, 5.41) is 3.12. The van der Waals surface area contributed by atoms with Crippen LogP contribution >= 0.6 is 0 Å². The Morgan fingerprint density at radius 1 is 1.33 bits per heavy atom. The SMILES string of the molecule is CCNc1nc(OC)nc(N2CC3CCC2C3)n1. The molecule has 98 valence electrons. The van der Waals surface area contributed by atoms with Crippen molar-refractivity contribution in [3.8, 4) is 6.01 Å². The maximum absolute atomic E-state index is 5.15. The number of piperidine rings is 1. The van der Waals surface area contributed by atoms with Gasteiger partial charge in [0, 0.05) is 19.1 Å². The molecule has 2 aliphatic rings. The molecule has 0 radical (unpaired) electrons. The van der Waals surface area contributed by atoms with Gasteiger partial charge in [0.05, 0.1) is 7.11 Å². The molecule has 6 nitrogen and oxygen atoms in total. The first-order valence-electron chi connectivity index (χ1n) is 6.60. The zero-order valence-electron chi connectivity index (χ0n) is 10.9. The van der Waals surface area contributed by atoms with E-state index < -0.39 is 0 Å². The third kappa shape index (κ3) is 1.95. The molecule has 0 spiro atoms. The molecule has 2 atom stereocenters. The van der Waals surface area contributed by atoms with Gasteiger partial charge >= 0.3 is 6.01 Å². The van der Waals surface area contributed by atoms with E-state index >= 15 is 0 Å². The van der Waals surface area contributed by atoms with E-state index in [-0.39, 0.29) is 0 Å². The second-order valence-electron chi connectivity index (χ2n) is 4.96. The van der Waals surface area contributed by atoms with Crippen molar-refractivity contribution >= 4 is 11.9 Å². The summed E-state index contributed by atoms with van der Waals surface area (Å²) < 4.78 is 5.15. The van der Waals surface area contributed by atoms with Crippen LogP contribution in [0.1, 0.15) is 26.2 Å². The molecular formula is C12H19N5O. The number of ether oxygens (including phenoxy) is 1. The normalized spacial score (nSPS) is 25.6. The molecule has 18 heavy (non-hydrogen) atoms. The molecule has 0 aromatic carbocycles. The van der Waals surface area contributed by atoms with E-state index in [2.05, 4.69) is 25.2 Å². The highest BCUT2D eigenvalue weighted by molar-refractivity contribution is 5.41. The number of hydrogen-bond donors (Lipinski definition) is 1. The Balaban J connectivity index is 1.88. The van der Waals surface area contributed by atoms with Crippen molar-refractivity contribution in [2.24, 2.45) is 5.92 Å². The minimum absolute atomic E-state index is 0.388. The predicted octanol–water partition coefficient (Wildman–Crippen LogP) is 1.30. The maximum Gasteiger partial charge on any atom is 0.322 e. The van der Waals surface area contributed by atoms with Crippen LogP contribution in [0.25, 0.3) is 0 Å². The first kappa shape index (κ1) is 11.5. The summed E-state index contributed by atoms with van der Waals surface area (Å²) >= 11 is 0. The fourth-order valence-corrected chi connectivity index (χ4v) is 2.97. The van der Waals surface area contributed by atoms with E-state index in [4.69, 9.17) is 4.74 Å². The summed E-state index contributed by atoms with van der Waals surface area (Å²) in [6.45, 7) is 3.88. The zero-order valence-corrected chi connectivity index (χ0v) is 10.9. The monoisotopic (exact) mass is 249 g/mol. The van der Waals surface area contributed by atoms with Crippen LogP contribution in [0.2, 0.25) is 0 Å². The molecule has 6 heteroatoms. The number of rotatable bonds is 4. The number of hydrogen-bond acceptors (Lipinski definition) is 6. The molecule has 2 fully saturated rings. The Hall–Kier alpha value is -1.59. The molecular weight excluding hydrogens is 230 g/mol. The molecule has 1 saturated heterocycles. The molecule has 2 unspecified atom stereocenters. The molecule has 1 aromatic heterocycles. The number of nitrogens with one attached hydrogen (secondary N) is 1. The molecule has 1 aliphatic heterocycles. The average molecular weight is 249 g/mol. The van der Waals surface area contributed by atoms with Gasteiger partial charge in [-0.15, -0.1) is 0 Å². The summed E-state index contributed by atoms with van der Waals surface area (Å²) in [6.07, 6.45) is 3.89. The van der Waals surface area contributed by atoms with E-state index in [9.17, 15) is 0 Å². The second-order valence-corrected chi connectivity index (χ2v) is 4.96. The molecule has 1 aromatic rings. The summed E-state index contributed by atoms with van der Waals surface area (Å²) in [7, 11) is 1.59. The summed E-state index contributed by atoms with van der Waals surface area (Å²) in [6, 6.07) is 0.996. The lowest BCUT2D eigenvalue weighted by atomic mass is 10.1. The predicted molar refractivity (Wildman–Crippen MR) is 69.0 cm³/mol. The van der Waals surface area contributed by atoms with Crippen molar-refractivity contribution in [1.29, 1.82) is 0 Å². The van der Waals surface area contributed by atoms with Gasteiger partial charge in [-0.05, 0) is 32.1 Å². The Kier molecular flexibility index (Phi) is 2.93. The number of methoxy groups -OCH3 is 1. The van der Waals surface area contributed by atoms with Gasteiger partial charge in [-0.25, -0.2) is 0 Å². The molecule has 2 bridgehead atoms. The van der Waals surface area contributed by atoms with Crippen molar-refractivity contribution < 1.29 is 4.74 Å². The van der Waals surface area contributed by atoms with Crippen molar-refractivity contribution in [2.75, 3.05) is 30.4 Å². The van der Waals surface area contributed by atoms with Crippen LogP contribution in [-0.2, 0) is 0 Å². The van der Waals surface area contributed by atoms with Gasteiger partial charge in [-0.2, -0.15) is 15.0 Å². The Labute approximate surface area is 107 Å². The van der Waals surface area contributed by atoms with Gasteiger partial charge < -0.3 is 15.0 Å². The van der Waals surface area contributed by atoms with Crippen molar-refractivity contribution in [3.05, 3.63) is 0 Å². The lowest BCUT2D eigenvalue weighted by molar-refractivity contribution is 0.378. The van der Waals surface area contributed by atoms with E-state index in [1.165, 1.54) is 19.3 Å². The first-order chi connectivity index (χ1) is 8.80. The van der Waals surface area contributed by atoms with Crippen molar-refractivity contribution in [2.45, 2.75) is 32.2 Å². The standard InChI is InChI=1S/C12H19N5O/c1-3-13-10-14-11(16-12(15-10)18-2)17-7-8-4-5-9(17)6-8/h8-9H,3-7H2,1-2H3,(H,13,14,15,16). The Morgan fingerprint density at radius 3 is 2.83 bits per heavy atom. The summed E-state index contributed by atoms with van der Waals surface area (Å²) in [5.41, 5.74) is 0. The maximum atomic E-state index is 5.15. The number of aromatic nitrogens is 3. The molecule has 2 heterocycles. The summed E-state index contributed by atoms with van der Waals surface area (Å²) in [4.78, 5) is 15.4. The van der Waals surface area contributed by atoms with E-state index in [1.54, 1.807) is 7.11 Å². The fourth-order valence-electron chi connectivity index (χ4n) is 2.97. The zero-order chi connectivity index (χ0) is 12.5. The van der Waals surface area contributed by atoms with Crippen molar-refractivity contribution in [3.63, 3.8) is 0 Å². The number of fused-ring (bicyclic) bond motifs is 2. The molecule has 1 aliphatic carbocycles. The van der Waals surface area contributed by atoms with Gasteiger partial charge in [0.2, 0.25) is 11.9 Å². The van der Waals surface area contributed by atoms with Gasteiger partial charge in [-0.3, -0.25) is 0 Å². The van der Waals surface area contributed by atoms with E-state index in [1.807, 2.05) is 6.92 Å². The average Bonchev–Trinajstić information content (AvgIpc) is 3.01. The van der Waals surface area contributed by atoms with Gasteiger partial charge in [-0.1, -0.05) is 0 Å². The smallest absolute Gasteiger partial charge is 0.322 e. The minimum Gasteiger partial charge on any atom is -0.467 e. The second kappa shape index (κ2) is 4.59. The largest absolute Gasteiger partial charge is 0.467 e. The van der Waals surface area contributed by atoms with Crippen LogP contribution in [0, 0.1) is 5.92 Å². The van der Waals surface area contributed by atoms with Gasteiger partial charge in [0.15, 0.2) is 0 Å². The summed E-state index contributed by atoms with van der Waals surface area (Å²) in [5.74, 6) is 2.17. The fraction of sp³-hybridized carbons (Fsp3) is 0.750. The Morgan fingerprint density at radius 2 is 2.22 bits per heavy atom. The quantitative estimate of drug-likeness (QED) is 0.867. The highest BCUT2D eigenvalue weighted by Crippen LogP contribution is 2.39. The van der Waals surface area contributed by atoms with Crippen LogP contribution in [0.3, 0.4) is 0 Å². The number of anilines is 2. The first-order valence-corrected chi connectivity index (χ1v) is 6.60. The van der Waals surface area contributed by atoms with Crippen LogP contribution in [0.15, 0.2) is 0 Å². The van der Waals surface area contributed by atoms with E-state index in [0.29, 0.717) is 18.0 Å². The van der Waals surface area contributed by atoms with Gasteiger partial charge in [0.1, 0.15) is 0 Å². The minimum atomic E-state index is 0.388. The van der Waals surface area contributed by atoms with Crippen LogP contribution in [0.4, 0.5) is 11.9 Å².